The molecule has 1 amide bonds. The first kappa shape index (κ1) is 12.1. The second-order valence-electron chi connectivity index (χ2n) is 4.59. The molecule has 94 valence electrons. The van der Waals surface area contributed by atoms with Gasteiger partial charge >= 0.3 is 0 Å². The van der Waals surface area contributed by atoms with Crippen molar-refractivity contribution in [3.63, 3.8) is 0 Å². The first-order chi connectivity index (χ1) is 8.20. The van der Waals surface area contributed by atoms with Crippen LogP contribution in [0.3, 0.4) is 0 Å². The number of amides is 1. The number of nitrogens with zero attached hydrogens (tertiary/aromatic N) is 2. The van der Waals surface area contributed by atoms with E-state index in [1.807, 2.05) is 6.92 Å². The maximum atomic E-state index is 12.0. The maximum absolute atomic E-state index is 12.0. The number of aromatic nitrogens is 2. The smallest absolute Gasteiger partial charge is 0.254 e. The van der Waals surface area contributed by atoms with Crippen molar-refractivity contribution >= 4 is 5.91 Å². The normalized spacial score (nSPS) is 18.2. The van der Waals surface area contributed by atoms with Gasteiger partial charge in [-0.2, -0.15) is 5.10 Å². The summed E-state index contributed by atoms with van der Waals surface area (Å²) in [6, 6.07) is 0.305. The zero-order valence-corrected chi connectivity index (χ0v) is 10.5. The molecule has 1 aromatic rings. The Bertz CT molecular complexity index is 380. The van der Waals surface area contributed by atoms with Crippen LogP contribution in [0.5, 0.6) is 0 Å². The average molecular weight is 236 g/mol. The lowest BCUT2D eigenvalue weighted by Gasteiger charge is -2.31. The Balaban J connectivity index is 1.86. The van der Waals surface area contributed by atoms with Crippen molar-refractivity contribution in [3.05, 3.63) is 17.5 Å². The van der Waals surface area contributed by atoms with E-state index in [1.54, 1.807) is 6.20 Å². The third kappa shape index (κ3) is 2.85. The van der Waals surface area contributed by atoms with Gasteiger partial charge in [0.05, 0.1) is 11.8 Å². The van der Waals surface area contributed by atoms with Crippen LogP contribution in [0.4, 0.5) is 0 Å². The molecule has 1 saturated heterocycles. The number of hydrogen-bond acceptors (Lipinski definition) is 3. The number of likely N-dealkylation sites (tertiary alicyclic amines) is 1. The minimum Gasteiger partial charge on any atom is -0.349 e. The topological polar surface area (TPSA) is 61.0 Å². The van der Waals surface area contributed by atoms with Crippen LogP contribution in [-0.2, 0) is 0 Å². The van der Waals surface area contributed by atoms with Gasteiger partial charge in [0.2, 0.25) is 0 Å². The average Bonchev–Trinajstić information content (AvgIpc) is 2.76. The van der Waals surface area contributed by atoms with Gasteiger partial charge in [0.15, 0.2) is 0 Å². The summed E-state index contributed by atoms with van der Waals surface area (Å²) in [6.45, 7) is 7.29. The van der Waals surface area contributed by atoms with Gasteiger partial charge in [-0.25, -0.2) is 0 Å². The molecule has 0 atom stereocenters. The van der Waals surface area contributed by atoms with Crippen molar-refractivity contribution in [1.29, 1.82) is 0 Å². The van der Waals surface area contributed by atoms with Gasteiger partial charge in [-0.1, -0.05) is 6.92 Å². The SMILES string of the molecule is CCN1CCC(NC(=O)c2cn[nH]c2C)CC1. The van der Waals surface area contributed by atoms with Gasteiger partial charge in [0, 0.05) is 24.8 Å². The number of piperidine rings is 1. The standard InChI is InChI=1S/C12H20N4O/c1-3-16-6-4-10(5-7-16)14-12(17)11-8-13-15-9(11)2/h8,10H,3-7H2,1-2H3,(H,13,15)(H,14,17). The van der Waals surface area contributed by atoms with Gasteiger partial charge in [-0.15, -0.1) is 0 Å². The predicted octanol–water partition coefficient (Wildman–Crippen LogP) is 0.932. The summed E-state index contributed by atoms with van der Waals surface area (Å²) in [5.74, 6) is -0.00815. The minimum absolute atomic E-state index is 0.00815. The van der Waals surface area contributed by atoms with Crippen LogP contribution in [0.25, 0.3) is 0 Å². The summed E-state index contributed by atoms with van der Waals surface area (Å²) in [6.07, 6.45) is 3.67. The molecule has 0 aromatic carbocycles. The molecule has 5 nitrogen and oxygen atoms in total. The van der Waals surface area contributed by atoms with E-state index in [1.165, 1.54) is 0 Å². The molecule has 0 aliphatic carbocycles. The van der Waals surface area contributed by atoms with Gasteiger partial charge < -0.3 is 10.2 Å². The number of H-pyrrole nitrogens is 1. The molecule has 2 rings (SSSR count). The summed E-state index contributed by atoms with van der Waals surface area (Å²) in [4.78, 5) is 14.4. The Morgan fingerprint density at radius 1 is 1.59 bits per heavy atom. The number of hydrogen-bond donors (Lipinski definition) is 2. The Morgan fingerprint density at radius 2 is 2.29 bits per heavy atom. The molecular formula is C12H20N4O. The molecule has 0 saturated carbocycles. The van der Waals surface area contributed by atoms with E-state index in [9.17, 15) is 4.79 Å². The summed E-state index contributed by atoms with van der Waals surface area (Å²) >= 11 is 0. The molecule has 2 N–H and O–H groups in total. The first-order valence-electron chi connectivity index (χ1n) is 6.24. The van der Waals surface area contributed by atoms with Gasteiger partial charge in [0.1, 0.15) is 0 Å². The molecule has 0 radical (unpaired) electrons. The number of rotatable bonds is 3. The van der Waals surface area contributed by atoms with E-state index in [-0.39, 0.29) is 5.91 Å². The summed E-state index contributed by atoms with van der Waals surface area (Å²) in [5, 5.41) is 9.73. The highest BCUT2D eigenvalue weighted by Gasteiger charge is 2.21. The van der Waals surface area contributed by atoms with Crippen LogP contribution < -0.4 is 5.32 Å². The molecular weight excluding hydrogens is 216 g/mol. The molecule has 5 heteroatoms. The second-order valence-corrected chi connectivity index (χ2v) is 4.59. The third-order valence-electron chi connectivity index (χ3n) is 3.44. The molecule has 0 unspecified atom stereocenters. The monoisotopic (exact) mass is 236 g/mol. The van der Waals surface area contributed by atoms with Gasteiger partial charge in [-0.3, -0.25) is 9.89 Å². The minimum atomic E-state index is -0.00815. The second kappa shape index (κ2) is 5.31. The van der Waals surface area contributed by atoms with Crippen LogP contribution in [0, 0.1) is 6.92 Å². The van der Waals surface area contributed by atoms with Crippen molar-refractivity contribution < 1.29 is 4.79 Å². The Hall–Kier alpha value is -1.36. The maximum Gasteiger partial charge on any atom is 0.254 e. The number of carbonyl (C=O) groups excluding carboxylic acids is 1. The summed E-state index contributed by atoms with van der Waals surface area (Å²) < 4.78 is 0. The van der Waals surface area contributed by atoms with Crippen LogP contribution in [0.2, 0.25) is 0 Å². The van der Waals surface area contributed by atoms with E-state index in [0.29, 0.717) is 11.6 Å². The molecule has 2 heterocycles. The molecule has 1 fully saturated rings. The van der Waals surface area contributed by atoms with E-state index in [2.05, 4.69) is 27.3 Å². The van der Waals surface area contributed by atoms with Gasteiger partial charge in [0.25, 0.3) is 5.91 Å². The highest BCUT2D eigenvalue weighted by atomic mass is 16.1. The zero-order chi connectivity index (χ0) is 12.3. The third-order valence-corrected chi connectivity index (χ3v) is 3.44. The van der Waals surface area contributed by atoms with Gasteiger partial charge in [-0.05, 0) is 26.3 Å². The number of nitrogens with one attached hydrogen (secondary N) is 2. The van der Waals surface area contributed by atoms with Crippen molar-refractivity contribution in [2.24, 2.45) is 0 Å². The molecule has 1 aliphatic rings. The molecule has 1 aromatic heterocycles. The zero-order valence-electron chi connectivity index (χ0n) is 10.5. The van der Waals surface area contributed by atoms with Crippen LogP contribution in [0.1, 0.15) is 35.8 Å². The van der Waals surface area contributed by atoms with E-state index >= 15 is 0 Å². The largest absolute Gasteiger partial charge is 0.349 e. The highest BCUT2D eigenvalue weighted by Crippen LogP contribution is 2.11. The van der Waals surface area contributed by atoms with Crippen molar-refractivity contribution in [2.45, 2.75) is 32.7 Å². The Morgan fingerprint density at radius 3 is 2.82 bits per heavy atom. The summed E-state index contributed by atoms with van der Waals surface area (Å²) in [5.41, 5.74) is 1.48. The fourth-order valence-corrected chi connectivity index (χ4v) is 2.24. The molecule has 0 bridgehead atoms. The van der Waals surface area contributed by atoms with Crippen LogP contribution in [-0.4, -0.2) is 46.7 Å². The van der Waals surface area contributed by atoms with Crippen LogP contribution in [0.15, 0.2) is 6.20 Å². The predicted molar refractivity (Wildman–Crippen MR) is 65.9 cm³/mol. The lowest BCUT2D eigenvalue weighted by Crippen LogP contribution is -2.44. The molecule has 0 spiro atoms. The number of carbonyl (C=O) groups is 1. The summed E-state index contributed by atoms with van der Waals surface area (Å²) in [7, 11) is 0. The lowest BCUT2D eigenvalue weighted by atomic mass is 10.0. The molecule has 17 heavy (non-hydrogen) atoms. The fourth-order valence-electron chi connectivity index (χ4n) is 2.24. The van der Waals surface area contributed by atoms with E-state index < -0.39 is 0 Å². The first-order valence-corrected chi connectivity index (χ1v) is 6.24. The van der Waals surface area contributed by atoms with Crippen LogP contribution >= 0.6 is 0 Å². The van der Waals surface area contributed by atoms with Crippen molar-refractivity contribution in [2.75, 3.05) is 19.6 Å². The number of aromatic amines is 1. The Kier molecular flexibility index (Phi) is 3.78. The van der Waals surface area contributed by atoms with E-state index in [4.69, 9.17) is 0 Å². The highest BCUT2D eigenvalue weighted by molar-refractivity contribution is 5.95. The van der Waals surface area contributed by atoms with Crippen molar-refractivity contribution in [1.82, 2.24) is 20.4 Å². The van der Waals surface area contributed by atoms with Crippen molar-refractivity contribution in [3.8, 4) is 0 Å². The molecule has 1 aliphatic heterocycles. The van der Waals surface area contributed by atoms with E-state index in [0.717, 1.165) is 38.2 Å². The number of aryl methyl sites for hydroxylation is 1. The quantitative estimate of drug-likeness (QED) is 0.821. The fraction of sp³-hybridized carbons (Fsp3) is 0.667. The Labute approximate surface area is 102 Å². The lowest BCUT2D eigenvalue weighted by molar-refractivity contribution is 0.0912.